The Kier molecular flexibility index (Phi) is 2.03. The molecule has 1 aliphatic heterocycles. The molecule has 1 fully saturated rings. The first-order valence-corrected chi connectivity index (χ1v) is 5.91. The molecule has 0 saturated heterocycles. The minimum atomic E-state index is 0.224. The predicted molar refractivity (Wildman–Crippen MR) is 66.2 cm³/mol. The Morgan fingerprint density at radius 2 is 2.12 bits per heavy atom. The van der Waals surface area contributed by atoms with E-state index >= 15 is 0 Å². The Morgan fingerprint density at radius 1 is 1.31 bits per heavy atom. The fourth-order valence-electron chi connectivity index (χ4n) is 2.50. The zero-order valence-electron chi connectivity index (χ0n) is 9.84. The van der Waals surface area contributed by atoms with Crippen LogP contribution in [0.3, 0.4) is 0 Å². The smallest absolute Gasteiger partial charge is 0.121 e. The Balaban J connectivity index is 1.89. The van der Waals surface area contributed by atoms with E-state index in [0.29, 0.717) is 0 Å². The summed E-state index contributed by atoms with van der Waals surface area (Å²) in [7, 11) is 1.70. The molecule has 3 heteroatoms. The van der Waals surface area contributed by atoms with Gasteiger partial charge >= 0.3 is 0 Å². The van der Waals surface area contributed by atoms with Crippen molar-refractivity contribution in [2.45, 2.75) is 25.3 Å². The van der Waals surface area contributed by atoms with Crippen LogP contribution in [0.5, 0.6) is 5.75 Å². The van der Waals surface area contributed by atoms with Crippen LogP contribution in [0.4, 0.5) is 11.4 Å². The standard InChI is InChI=1S/C13H18N2O/c1-13(9-3-4-9)8-14-12-7-10(16-2)5-6-11(12)15-13/h5-7,9,14-15H,3-4,8H2,1-2H3. The molecule has 1 aliphatic carbocycles. The van der Waals surface area contributed by atoms with Crippen molar-refractivity contribution in [3.8, 4) is 5.75 Å². The lowest BCUT2D eigenvalue weighted by Crippen LogP contribution is -2.47. The van der Waals surface area contributed by atoms with Crippen molar-refractivity contribution in [2.24, 2.45) is 5.92 Å². The van der Waals surface area contributed by atoms with Crippen molar-refractivity contribution in [3.63, 3.8) is 0 Å². The minimum absolute atomic E-state index is 0.224. The summed E-state index contributed by atoms with van der Waals surface area (Å²) in [6.07, 6.45) is 2.72. The van der Waals surface area contributed by atoms with Gasteiger partial charge in [0.15, 0.2) is 0 Å². The normalized spacial score (nSPS) is 27.6. The molecule has 0 radical (unpaired) electrons. The average Bonchev–Trinajstić information content (AvgIpc) is 3.12. The van der Waals surface area contributed by atoms with E-state index < -0.39 is 0 Å². The van der Waals surface area contributed by atoms with E-state index in [9.17, 15) is 0 Å². The van der Waals surface area contributed by atoms with E-state index in [1.54, 1.807) is 7.11 Å². The monoisotopic (exact) mass is 218 g/mol. The topological polar surface area (TPSA) is 33.3 Å². The molecule has 2 aliphatic rings. The van der Waals surface area contributed by atoms with Crippen LogP contribution in [-0.4, -0.2) is 19.2 Å². The maximum absolute atomic E-state index is 5.22. The first-order valence-electron chi connectivity index (χ1n) is 5.91. The molecular weight excluding hydrogens is 200 g/mol. The number of hydrogen-bond acceptors (Lipinski definition) is 3. The highest BCUT2D eigenvalue weighted by Gasteiger charge is 2.43. The van der Waals surface area contributed by atoms with Gasteiger partial charge in [0.2, 0.25) is 0 Å². The first kappa shape index (κ1) is 9.82. The van der Waals surface area contributed by atoms with Crippen molar-refractivity contribution in [1.82, 2.24) is 0 Å². The van der Waals surface area contributed by atoms with E-state index in [1.165, 1.54) is 18.5 Å². The summed E-state index contributed by atoms with van der Waals surface area (Å²) in [6.45, 7) is 3.31. The summed E-state index contributed by atoms with van der Waals surface area (Å²) in [5, 5.41) is 7.18. The van der Waals surface area contributed by atoms with E-state index in [-0.39, 0.29) is 5.54 Å². The molecule has 0 amide bonds. The molecule has 0 bridgehead atoms. The molecule has 16 heavy (non-hydrogen) atoms. The van der Waals surface area contributed by atoms with Gasteiger partial charge in [0.05, 0.1) is 24.0 Å². The van der Waals surface area contributed by atoms with Crippen LogP contribution in [0.15, 0.2) is 18.2 Å². The zero-order chi connectivity index (χ0) is 11.2. The maximum Gasteiger partial charge on any atom is 0.121 e. The average molecular weight is 218 g/mol. The fourth-order valence-corrected chi connectivity index (χ4v) is 2.50. The van der Waals surface area contributed by atoms with Gasteiger partial charge in [0.25, 0.3) is 0 Å². The van der Waals surface area contributed by atoms with E-state index in [2.05, 4.69) is 29.7 Å². The van der Waals surface area contributed by atoms with Gasteiger partial charge in [-0.2, -0.15) is 0 Å². The minimum Gasteiger partial charge on any atom is -0.497 e. The van der Waals surface area contributed by atoms with Gasteiger partial charge in [-0.05, 0) is 37.8 Å². The SMILES string of the molecule is COc1ccc2c(c1)NCC(C)(C1CC1)N2. The van der Waals surface area contributed by atoms with Crippen molar-refractivity contribution in [2.75, 3.05) is 24.3 Å². The number of hydrogen-bond donors (Lipinski definition) is 2. The summed E-state index contributed by atoms with van der Waals surface area (Å²) < 4.78 is 5.22. The highest BCUT2D eigenvalue weighted by atomic mass is 16.5. The third-order valence-corrected chi connectivity index (χ3v) is 3.77. The lowest BCUT2D eigenvalue weighted by Gasteiger charge is -2.38. The maximum atomic E-state index is 5.22. The Hall–Kier alpha value is -1.38. The van der Waals surface area contributed by atoms with Crippen molar-refractivity contribution in [1.29, 1.82) is 0 Å². The van der Waals surface area contributed by atoms with Gasteiger partial charge in [-0.15, -0.1) is 0 Å². The van der Waals surface area contributed by atoms with Crippen LogP contribution in [-0.2, 0) is 0 Å². The fraction of sp³-hybridized carbons (Fsp3) is 0.538. The molecule has 1 atom stereocenters. The lowest BCUT2D eigenvalue weighted by molar-refractivity contribution is 0.414. The summed E-state index contributed by atoms with van der Waals surface area (Å²) >= 11 is 0. The van der Waals surface area contributed by atoms with Crippen molar-refractivity contribution in [3.05, 3.63) is 18.2 Å². The van der Waals surface area contributed by atoms with Crippen LogP contribution in [0.1, 0.15) is 19.8 Å². The van der Waals surface area contributed by atoms with Crippen molar-refractivity contribution < 1.29 is 4.74 Å². The Labute approximate surface area is 96.2 Å². The lowest BCUT2D eigenvalue weighted by atomic mass is 9.92. The van der Waals surface area contributed by atoms with E-state index in [4.69, 9.17) is 4.74 Å². The Morgan fingerprint density at radius 3 is 2.81 bits per heavy atom. The van der Waals surface area contributed by atoms with Gasteiger partial charge in [0.1, 0.15) is 5.75 Å². The van der Waals surface area contributed by atoms with Gasteiger partial charge in [0, 0.05) is 12.6 Å². The molecule has 1 saturated carbocycles. The second-order valence-corrected chi connectivity index (χ2v) is 5.08. The second kappa shape index (κ2) is 3.30. The van der Waals surface area contributed by atoms with Gasteiger partial charge in [-0.1, -0.05) is 0 Å². The number of fused-ring (bicyclic) bond motifs is 1. The molecule has 86 valence electrons. The molecule has 3 rings (SSSR count). The van der Waals surface area contributed by atoms with E-state index in [1.807, 2.05) is 6.07 Å². The number of nitrogens with one attached hydrogen (secondary N) is 2. The van der Waals surface area contributed by atoms with Gasteiger partial charge in [-0.25, -0.2) is 0 Å². The second-order valence-electron chi connectivity index (χ2n) is 5.08. The summed E-state index contributed by atoms with van der Waals surface area (Å²) in [5.41, 5.74) is 2.57. The number of rotatable bonds is 2. The summed E-state index contributed by atoms with van der Waals surface area (Å²) in [6, 6.07) is 6.15. The summed E-state index contributed by atoms with van der Waals surface area (Å²) in [5.74, 6) is 1.73. The predicted octanol–water partition coefficient (Wildman–Crippen LogP) is 2.70. The number of methoxy groups -OCH3 is 1. The van der Waals surface area contributed by atoms with Crippen LogP contribution >= 0.6 is 0 Å². The molecule has 0 spiro atoms. The quantitative estimate of drug-likeness (QED) is 0.800. The zero-order valence-corrected chi connectivity index (χ0v) is 9.84. The van der Waals surface area contributed by atoms with Crippen LogP contribution < -0.4 is 15.4 Å². The third kappa shape index (κ3) is 1.51. The molecule has 2 N–H and O–H groups in total. The first-order chi connectivity index (χ1) is 7.71. The largest absolute Gasteiger partial charge is 0.497 e. The molecule has 3 nitrogen and oxygen atoms in total. The molecule has 1 aromatic rings. The van der Waals surface area contributed by atoms with Crippen LogP contribution in [0.25, 0.3) is 0 Å². The molecular formula is C13H18N2O. The van der Waals surface area contributed by atoms with Gasteiger partial charge in [-0.3, -0.25) is 0 Å². The number of ether oxygens (including phenoxy) is 1. The Bertz CT molecular complexity index is 414. The molecule has 1 aromatic carbocycles. The van der Waals surface area contributed by atoms with Crippen LogP contribution in [0, 0.1) is 5.92 Å². The van der Waals surface area contributed by atoms with Crippen molar-refractivity contribution >= 4 is 11.4 Å². The summed E-state index contributed by atoms with van der Waals surface area (Å²) in [4.78, 5) is 0. The highest BCUT2D eigenvalue weighted by molar-refractivity contribution is 5.74. The molecule has 1 heterocycles. The third-order valence-electron chi connectivity index (χ3n) is 3.77. The van der Waals surface area contributed by atoms with E-state index in [0.717, 1.165) is 23.9 Å². The molecule has 0 aromatic heterocycles. The van der Waals surface area contributed by atoms with Gasteiger partial charge < -0.3 is 15.4 Å². The highest BCUT2D eigenvalue weighted by Crippen LogP contribution is 2.45. The van der Waals surface area contributed by atoms with Crippen LogP contribution in [0.2, 0.25) is 0 Å². The molecule has 1 unspecified atom stereocenters. The number of anilines is 2. The number of benzene rings is 1.